The summed E-state index contributed by atoms with van der Waals surface area (Å²) in [5, 5.41) is 19.9. The summed E-state index contributed by atoms with van der Waals surface area (Å²) >= 11 is 0. The number of pyridine rings is 2. The van der Waals surface area contributed by atoms with E-state index in [9.17, 15) is 19.2 Å². The number of carbonyl (C=O) groups is 4. The van der Waals surface area contributed by atoms with Gasteiger partial charge >= 0.3 is 0 Å². The van der Waals surface area contributed by atoms with Crippen LogP contribution in [-0.4, -0.2) is 33.6 Å². The summed E-state index contributed by atoms with van der Waals surface area (Å²) in [6, 6.07) is 41.6. The van der Waals surface area contributed by atoms with E-state index in [1.54, 1.807) is 72.8 Å². The van der Waals surface area contributed by atoms with Crippen LogP contribution in [0.1, 0.15) is 79.0 Å². The second-order valence-electron chi connectivity index (χ2n) is 12.2. The molecule has 268 valence electrons. The van der Waals surface area contributed by atoms with E-state index in [2.05, 4.69) is 41.5 Å². The maximum atomic E-state index is 12.9. The number of rotatable bonds is 12. The Bertz CT molecular complexity index is 2120. The van der Waals surface area contributed by atoms with E-state index in [0.29, 0.717) is 22.7 Å². The molecule has 0 bridgehead atoms. The van der Waals surface area contributed by atoms with E-state index in [4.69, 9.17) is 0 Å². The van der Waals surface area contributed by atoms with Gasteiger partial charge in [-0.25, -0.2) is 9.97 Å². The van der Waals surface area contributed by atoms with Gasteiger partial charge in [-0.15, -0.1) is 0 Å². The Morgan fingerprint density at radius 3 is 1.11 bits per heavy atom. The van der Waals surface area contributed by atoms with Gasteiger partial charge in [0.25, 0.3) is 23.6 Å². The summed E-state index contributed by atoms with van der Waals surface area (Å²) in [5.41, 5.74) is 4.48. The monoisotopic (exact) mass is 716 g/mol. The summed E-state index contributed by atoms with van der Waals surface area (Å²) in [7, 11) is 0. The molecule has 54 heavy (non-hydrogen) atoms. The Balaban J connectivity index is 0.995. The summed E-state index contributed by atoms with van der Waals surface area (Å²) < 4.78 is 0. The van der Waals surface area contributed by atoms with Gasteiger partial charge in [0.15, 0.2) is 0 Å². The van der Waals surface area contributed by atoms with Gasteiger partial charge in [0.1, 0.15) is 22.8 Å². The highest BCUT2D eigenvalue weighted by Gasteiger charge is 2.17. The number of benzene rings is 4. The Morgan fingerprint density at radius 2 is 0.759 bits per heavy atom. The number of nitrogens with one attached hydrogen (secondary N) is 4. The molecule has 0 aliphatic heterocycles. The summed E-state index contributed by atoms with van der Waals surface area (Å²) in [6.45, 7) is 3.76. The first-order valence-electron chi connectivity index (χ1n) is 17.1. The standard InChI is InChI=1S/C42H36N8O4/c1-27(29-11-5-3-6-12-29)43-39(51)35-15-9-17-37(47-35)41(53)45-31-19-23-33(24-20-31)49-50-34-25-21-32(22-26-34)46-42(54)38-18-10-16-36(48-38)40(52)44-28(2)30-13-7-4-8-14-30/h3-28H,1-2H3,(H,43,51)(H,44,52)(H,45,53)(H,46,54). The van der Waals surface area contributed by atoms with E-state index < -0.39 is 11.8 Å². The number of hydrogen-bond acceptors (Lipinski definition) is 8. The van der Waals surface area contributed by atoms with Crippen molar-refractivity contribution in [3.8, 4) is 0 Å². The van der Waals surface area contributed by atoms with Crippen molar-refractivity contribution in [2.24, 2.45) is 10.2 Å². The molecule has 2 atom stereocenters. The average molecular weight is 717 g/mol. The summed E-state index contributed by atoms with van der Waals surface area (Å²) in [6.07, 6.45) is 0. The number of anilines is 2. The lowest BCUT2D eigenvalue weighted by Crippen LogP contribution is -2.28. The summed E-state index contributed by atoms with van der Waals surface area (Å²) in [5.74, 6) is -1.70. The Kier molecular flexibility index (Phi) is 11.6. The van der Waals surface area contributed by atoms with Crippen molar-refractivity contribution in [1.82, 2.24) is 20.6 Å². The van der Waals surface area contributed by atoms with Crippen molar-refractivity contribution in [2.45, 2.75) is 25.9 Å². The third kappa shape index (κ3) is 9.70. The Hall–Kier alpha value is -7.34. The molecule has 12 nitrogen and oxygen atoms in total. The van der Waals surface area contributed by atoms with Gasteiger partial charge in [0, 0.05) is 11.4 Å². The Labute approximate surface area is 311 Å². The van der Waals surface area contributed by atoms with E-state index in [1.165, 1.54) is 12.1 Å². The molecule has 4 N–H and O–H groups in total. The number of azo groups is 1. The predicted octanol–water partition coefficient (Wildman–Crippen LogP) is 8.38. The van der Waals surface area contributed by atoms with Gasteiger partial charge in [-0.05, 0) is 97.8 Å². The second kappa shape index (κ2) is 17.2. The molecule has 2 unspecified atom stereocenters. The predicted molar refractivity (Wildman–Crippen MR) is 206 cm³/mol. The molecular weight excluding hydrogens is 681 g/mol. The van der Waals surface area contributed by atoms with Crippen molar-refractivity contribution in [3.05, 3.63) is 179 Å². The molecule has 12 heteroatoms. The molecule has 0 spiro atoms. The van der Waals surface area contributed by atoms with Gasteiger partial charge in [-0.2, -0.15) is 10.2 Å². The number of carbonyl (C=O) groups excluding carboxylic acids is 4. The SMILES string of the molecule is CC(NC(=O)c1cccc(C(=O)Nc2ccc(N=Nc3ccc(NC(=O)c4cccc(C(=O)NC(C)c5ccccc5)n4)cc3)cc2)n1)c1ccccc1. The maximum Gasteiger partial charge on any atom is 0.274 e. The number of nitrogens with zero attached hydrogens (tertiary/aromatic N) is 4. The minimum absolute atomic E-state index is 0.0970. The third-order valence-electron chi connectivity index (χ3n) is 8.25. The minimum atomic E-state index is -0.468. The molecule has 0 radical (unpaired) electrons. The van der Waals surface area contributed by atoms with Crippen LogP contribution in [0.5, 0.6) is 0 Å². The normalized spacial score (nSPS) is 12.0. The fraction of sp³-hybridized carbons (Fsp3) is 0.0952. The van der Waals surface area contributed by atoms with Crippen LogP contribution in [-0.2, 0) is 0 Å². The lowest BCUT2D eigenvalue weighted by Gasteiger charge is -2.14. The number of aromatic nitrogens is 2. The van der Waals surface area contributed by atoms with Gasteiger partial charge in [0.2, 0.25) is 0 Å². The number of hydrogen-bond donors (Lipinski definition) is 4. The highest BCUT2D eigenvalue weighted by molar-refractivity contribution is 6.04. The molecule has 0 saturated carbocycles. The van der Waals surface area contributed by atoms with Crippen LogP contribution in [0.2, 0.25) is 0 Å². The average Bonchev–Trinajstić information content (AvgIpc) is 3.21. The molecule has 0 aliphatic rings. The van der Waals surface area contributed by atoms with E-state index in [1.807, 2.05) is 74.5 Å². The quantitative estimate of drug-likeness (QED) is 0.0929. The minimum Gasteiger partial charge on any atom is -0.344 e. The maximum absolute atomic E-state index is 12.9. The number of amides is 4. The fourth-order valence-corrected chi connectivity index (χ4v) is 5.30. The van der Waals surface area contributed by atoms with Crippen LogP contribution >= 0.6 is 0 Å². The van der Waals surface area contributed by atoms with Crippen molar-refractivity contribution in [2.75, 3.05) is 10.6 Å². The van der Waals surface area contributed by atoms with Gasteiger partial charge in [0.05, 0.1) is 23.5 Å². The van der Waals surface area contributed by atoms with Crippen LogP contribution in [0, 0.1) is 0 Å². The molecule has 6 aromatic rings. The second-order valence-corrected chi connectivity index (χ2v) is 12.2. The van der Waals surface area contributed by atoms with Gasteiger partial charge in [-0.3, -0.25) is 19.2 Å². The largest absolute Gasteiger partial charge is 0.344 e. The first-order valence-corrected chi connectivity index (χ1v) is 17.1. The van der Waals surface area contributed by atoms with Crippen molar-refractivity contribution >= 4 is 46.4 Å². The topological polar surface area (TPSA) is 167 Å². The van der Waals surface area contributed by atoms with Crippen LogP contribution < -0.4 is 21.3 Å². The fourth-order valence-electron chi connectivity index (χ4n) is 5.30. The first kappa shape index (κ1) is 36.5. The highest BCUT2D eigenvalue weighted by atomic mass is 16.2. The van der Waals surface area contributed by atoms with Crippen LogP contribution in [0.3, 0.4) is 0 Å². The van der Waals surface area contributed by atoms with E-state index >= 15 is 0 Å². The lowest BCUT2D eigenvalue weighted by molar-refractivity contribution is 0.0925. The van der Waals surface area contributed by atoms with Gasteiger partial charge in [-0.1, -0.05) is 72.8 Å². The molecule has 4 amide bonds. The molecule has 4 aromatic carbocycles. The molecule has 2 heterocycles. The lowest BCUT2D eigenvalue weighted by atomic mass is 10.1. The van der Waals surface area contributed by atoms with Crippen LogP contribution in [0.4, 0.5) is 22.7 Å². The van der Waals surface area contributed by atoms with Crippen molar-refractivity contribution < 1.29 is 19.2 Å². The zero-order chi connectivity index (χ0) is 37.9. The molecule has 0 saturated heterocycles. The zero-order valence-electron chi connectivity index (χ0n) is 29.4. The van der Waals surface area contributed by atoms with Crippen molar-refractivity contribution in [3.63, 3.8) is 0 Å². The van der Waals surface area contributed by atoms with E-state index in [0.717, 1.165) is 11.1 Å². The molecule has 6 rings (SSSR count). The van der Waals surface area contributed by atoms with Crippen LogP contribution in [0.25, 0.3) is 0 Å². The first-order chi connectivity index (χ1) is 26.2. The molecule has 2 aromatic heterocycles. The Morgan fingerprint density at radius 1 is 0.426 bits per heavy atom. The third-order valence-corrected chi connectivity index (χ3v) is 8.25. The zero-order valence-corrected chi connectivity index (χ0v) is 29.4. The van der Waals surface area contributed by atoms with E-state index in [-0.39, 0.29) is 46.7 Å². The smallest absolute Gasteiger partial charge is 0.274 e. The van der Waals surface area contributed by atoms with Gasteiger partial charge < -0.3 is 21.3 Å². The summed E-state index contributed by atoms with van der Waals surface area (Å²) in [4.78, 5) is 60.0. The highest BCUT2D eigenvalue weighted by Crippen LogP contribution is 2.23. The van der Waals surface area contributed by atoms with Crippen LogP contribution in [0.15, 0.2) is 156 Å². The molecule has 0 fully saturated rings. The van der Waals surface area contributed by atoms with Crippen molar-refractivity contribution in [1.29, 1.82) is 0 Å². The molecular formula is C42H36N8O4. The molecule has 0 aliphatic carbocycles.